The van der Waals surface area contributed by atoms with Crippen molar-refractivity contribution in [3.63, 3.8) is 0 Å². The van der Waals surface area contributed by atoms with Gasteiger partial charge in [0.05, 0.1) is 21.4 Å². The van der Waals surface area contributed by atoms with E-state index in [-0.39, 0.29) is 12.5 Å². The van der Waals surface area contributed by atoms with Gasteiger partial charge in [-0.15, -0.1) is 0 Å². The normalized spacial score (nSPS) is 10.4. The summed E-state index contributed by atoms with van der Waals surface area (Å²) in [6, 6.07) is 8.73. The molecule has 0 saturated heterocycles. The molecule has 0 bridgehead atoms. The molecule has 1 amide bonds. The number of carbonyl (C=O) groups excluding carboxylic acids is 1. The highest BCUT2D eigenvalue weighted by atomic mass is 35.5. The van der Waals surface area contributed by atoms with Gasteiger partial charge in [-0.05, 0) is 43.2 Å². The summed E-state index contributed by atoms with van der Waals surface area (Å²) in [5.74, 6) is 0.130. The molecule has 4 nitrogen and oxygen atoms in total. The third kappa shape index (κ3) is 3.84. The molecule has 0 saturated carbocycles. The Balaban J connectivity index is 2.05. The zero-order valence-electron chi connectivity index (χ0n) is 12.2. The van der Waals surface area contributed by atoms with E-state index in [2.05, 4.69) is 5.32 Å². The lowest BCUT2D eigenvalue weighted by molar-refractivity contribution is -0.118. The summed E-state index contributed by atoms with van der Waals surface area (Å²) in [6.07, 6.45) is 0. The molecule has 0 unspecified atom stereocenters. The molecule has 2 aromatic rings. The zero-order chi connectivity index (χ0) is 16.3. The Bertz CT molecular complexity index is 674. The van der Waals surface area contributed by atoms with Crippen molar-refractivity contribution in [2.24, 2.45) is 0 Å². The highest BCUT2D eigenvalue weighted by molar-refractivity contribution is 6.34. The van der Waals surface area contributed by atoms with Crippen LogP contribution in [0.1, 0.15) is 11.1 Å². The quantitative estimate of drug-likeness (QED) is 0.820. The number of carbonyl (C=O) groups is 1. The molecule has 0 fully saturated rings. The van der Waals surface area contributed by atoms with Gasteiger partial charge in [0.25, 0.3) is 5.91 Å². The van der Waals surface area contributed by atoms with Crippen molar-refractivity contribution in [2.75, 3.05) is 17.7 Å². The van der Waals surface area contributed by atoms with Crippen LogP contribution in [-0.2, 0) is 4.79 Å². The molecule has 0 aromatic heterocycles. The summed E-state index contributed by atoms with van der Waals surface area (Å²) >= 11 is 12.1. The third-order valence-corrected chi connectivity index (χ3v) is 3.63. The van der Waals surface area contributed by atoms with Crippen LogP contribution in [0.25, 0.3) is 0 Å². The van der Waals surface area contributed by atoms with Crippen LogP contribution in [0.3, 0.4) is 0 Å². The Morgan fingerprint density at radius 3 is 2.59 bits per heavy atom. The number of hydrogen-bond donors (Lipinski definition) is 2. The number of benzene rings is 2. The lowest BCUT2D eigenvalue weighted by Crippen LogP contribution is -2.21. The van der Waals surface area contributed by atoms with E-state index < -0.39 is 0 Å². The second-order valence-corrected chi connectivity index (χ2v) is 5.75. The van der Waals surface area contributed by atoms with Crippen LogP contribution in [0.4, 0.5) is 11.4 Å². The summed E-state index contributed by atoms with van der Waals surface area (Å²) in [5, 5.41) is 3.48. The first-order valence-corrected chi connectivity index (χ1v) is 7.37. The molecule has 0 atom stereocenters. The SMILES string of the molecule is Cc1cc(C)c(OCC(=O)Nc2c(N)cccc2Cl)c(Cl)c1. The van der Waals surface area contributed by atoms with Crippen molar-refractivity contribution in [2.45, 2.75) is 13.8 Å². The summed E-state index contributed by atoms with van der Waals surface area (Å²) in [4.78, 5) is 12.0. The van der Waals surface area contributed by atoms with Gasteiger partial charge in [0.2, 0.25) is 0 Å². The molecule has 0 aliphatic heterocycles. The van der Waals surface area contributed by atoms with Gasteiger partial charge >= 0.3 is 0 Å². The first kappa shape index (κ1) is 16.5. The number of hydrogen-bond acceptors (Lipinski definition) is 3. The number of rotatable bonds is 4. The van der Waals surface area contributed by atoms with Crippen LogP contribution >= 0.6 is 23.2 Å². The second-order valence-electron chi connectivity index (χ2n) is 4.93. The topological polar surface area (TPSA) is 64.3 Å². The van der Waals surface area contributed by atoms with Crippen molar-refractivity contribution >= 4 is 40.5 Å². The minimum Gasteiger partial charge on any atom is -0.482 e. The van der Waals surface area contributed by atoms with Crippen LogP contribution in [0.2, 0.25) is 10.0 Å². The molecule has 22 heavy (non-hydrogen) atoms. The molecule has 0 radical (unpaired) electrons. The van der Waals surface area contributed by atoms with Gasteiger partial charge in [-0.25, -0.2) is 0 Å². The molecule has 2 rings (SSSR count). The Hall–Kier alpha value is -1.91. The Labute approximate surface area is 139 Å². The number of para-hydroxylation sites is 1. The number of ether oxygens (including phenoxy) is 1. The summed E-state index contributed by atoms with van der Waals surface area (Å²) in [6.45, 7) is 3.63. The van der Waals surface area contributed by atoms with Crippen molar-refractivity contribution in [1.29, 1.82) is 0 Å². The third-order valence-electron chi connectivity index (χ3n) is 3.03. The van der Waals surface area contributed by atoms with E-state index in [4.69, 9.17) is 33.7 Å². The van der Waals surface area contributed by atoms with Gasteiger partial charge < -0.3 is 15.8 Å². The van der Waals surface area contributed by atoms with E-state index in [9.17, 15) is 4.79 Å². The molecule has 116 valence electrons. The average Bonchev–Trinajstić information content (AvgIpc) is 2.42. The van der Waals surface area contributed by atoms with Gasteiger partial charge in [-0.2, -0.15) is 0 Å². The predicted octanol–water partition coefficient (Wildman–Crippen LogP) is 4.21. The fourth-order valence-electron chi connectivity index (χ4n) is 2.07. The van der Waals surface area contributed by atoms with E-state index in [0.29, 0.717) is 27.2 Å². The van der Waals surface area contributed by atoms with E-state index in [0.717, 1.165) is 11.1 Å². The van der Waals surface area contributed by atoms with Gasteiger partial charge in [-0.1, -0.05) is 35.3 Å². The number of halogens is 2. The van der Waals surface area contributed by atoms with E-state index >= 15 is 0 Å². The summed E-state index contributed by atoms with van der Waals surface area (Å²) in [5.41, 5.74) is 8.45. The summed E-state index contributed by atoms with van der Waals surface area (Å²) in [7, 11) is 0. The maximum Gasteiger partial charge on any atom is 0.262 e. The van der Waals surface area contributed by atoms with E-state index in [1.165, 1.54) is 0 Å². The number of anilines is 2. The largest absolute Gasteiger partial charge is 0.482 e. The fourth-order valence-corrected chi connectivity index (χ4v) is 2.68. The number of amides is 1. The zero-order valence-corrected chi connectivity index (χ0v) is 13.8. The number of aryl methyl sites for hydroxylation is 2. The van der Waals surface area contributed by atoms with E-state index in [1.54, 1.807) is 24.3 Å². The molecule has 0 heterocycles. The molecule has 3 N–H and O–H groups in total. The predicted molar refractivity (Wildman–Crippen MR) is 90.9 cm³/mol. The van der Waals surface area contributed by atoms with Gasteiger partial charge in [0.15, 0.2) is 6.61 Å². The lowest BCUT2D eigenvalue weighted by atomic mass is 10.1. The molecule has 0 aliphatic carbocycles. The monoisotopic (exact) mass is 338 g/mol. The van der Waals surface area contributed by atoms with Gasteiger partial charge in [0, 0.05) is 0 Å². The molecule has 0 aliphatic rings. The highest BCUT2D eigenvalue weighted by Crippen LogP contribution is 2.30. The van der Waals surface area contributed by atoms with Gasteiger partial charge in [-0.3, -0.25) is 4.79 Å². The molecule has 2 aromatic carbocycles. The van der Waals surface area contributed by atoms with Crippen LogP contribution < -0.4 is 15.8 Å². The van der Waals surface area contributed by atoms with Gasteiger partial charge in [0.1, 0.15) is 5.75 Å². The van der Waals surface area contributed by atoms with Crippen LogP contribution in [0.15, 0.2) is 30.3 Å². The summed E-state index contributed by atoms with van der Waals surface area (Å²) < 4.78 is 5.51. The number of nitrogens with one attached hydrogen (secondary N) is 1. The minimum atomic E-state index is -0.365. The molecule has 6 heteroatoms. The highest BCUT2D eigenvalue weighted by Gasteiger charge is 2.12. The Morgan fingerprint density at radius 2 is 1.95 bits per heavy atom. The van der Waals surface area contributed by atoms with Crippen molar-refractivity contribution < 1.29 is 9.53 Å². The molecular weight excluding hydrogens is 323 g/mol. The first-order chi connectivity index (χ1) is 10.4. The molecule has 0 spiro atoms. The fraction of sp³-hybridized carbons (Fsp3) is 0.188. The van der Waals surface area contributed by atoms with Crippen molar-refractivity contribution in [1.82, 2.24) is 0 Å². The number of nitrogen functional groups attached to an aromatic ring is 1. The lowest BCUT2D eigenvalue weighted by Gasteiger charge is -2.13. The van der Waals surface area contributed by atoms with Crippen LogP contribution in [0.5, 0.6) is 5.75 Å². The van der Waals surface area contributed by atoms with Crippen LogP contribution in [0, 0.1) is 13.8 Å². The van der Waals surface area contributed by atoms with Crippen molar-refractivity contribution in [3.8, 4) is 5.75 Å². The van der Waals surface area contributed by atoms with E-state index in [1.807, 2.05) is 19.9 Å². The average molecular weight is 339 g/mol. The second kappa shape index (κ2) is 6.90. The van der Waals surface area contributed by atoms with Crippen LogP contribution in [-0.4, -0.2) is 12.5 Å². The smallest absolute Gasteiger partial charge is 0.262 e. The van der Waals surface area contributed by atoms with Crippen molar-refractivity contribution in [3.05, 3.63) is 51.5 Å². The maximum absolute atomic E-state index is 12.0. The Kier molecular flexibility index (Phi) is 5.16. The first-order valence-electron chi connectivity index (χ1n) is 6.62. The molecular formula is C16H16Cl2N2O2. The number of nitrogens with two attached hydrogens (primary N) is 1. The minimum absolute atomic E-state index is 0.186. The standard InChI is InChI=1S/C16H16Cl2N2O2/c1-9-6-10(2)16(12(18)7-9)22-8-14(21)20-15-11(17)4-3-5-13(15)19/h3-7H,8,19H2,1-2H3,(H,20,21). The Morgan fingerprint density at radius 1 is 1.23 bits per heavy atom. The maximum atomic E-state index is 12.0.